The Morgan fingerprint density at radius 1 is 1.00 bits per heavy atom. The number of carbonyl (C=O) groups is 2. The zero-order valence-corrected chi connectivity index (χ0v) is 19.0. The number of benzene rings is 3. The van der Waals surface area contributed by atoms with Crippen molar-refractivity contribution in [3.8, 4) is 34.1 Å². The molecule has 0 atom stereocenters. The third-order valence-electron chi connectivity index (χ3n) is 6.11. The van der Waals surface area contributed by atoms with Gasteiger partial charge in [-0.25, -0.2) is 4.79 Å². The molecule has 0 bridgehead atoms. The van der Waals surface area contributed by atoms with Gasteiger partial charge in [-0.15, -0.1) is 0 Å². The lowest BCUT2D eigenvalue weighted by atomic mass is 10.0. The third kappa shape index (κ3) is 4.03. The van der Waals surface area contributed by atoms with Gasteiger partial charge in [-0.05, 0) is 48.2 Å². The molecule has 0 spiro atoms. The molecule has 8 nitrogen and oxygen atoms in total. The topological polar surface area (TPSA) is 107 Å². The number of rotatable bonds is 8. The van der Waals surface area contributed by atoms with E-state index in [0.717, 1.165) is 10.9 Å². The first-order valence-corrected chi connectivity index (χ1v) is 11.1. The number of methoxy groups -OCH3 is 1. The normalized spacial score (nSPS) is 12.1. The van der Waals surface area contributed by atoms with Crippen molar-refractivity contribution in [3.63, 3.8) is 0 Å². The minimum absolute atomic E-state index is 0.0200. The number of nitrogens with zero attached hydrogens (tertiary/aromatic N) is 1. The van der Waals surface area contributed by atoms with Gasteiger partial charge >= 0.3 is 11.9 Å². The van der Waals surface area contributed by atoms with Crippen LogP contribution in [-0.4, -0.2) is 40.6 Å². The summed E-state index contributed by atoms with van der Waals surface area (Å²) in [4.78, 5) is 23.9. The number of ether oxygens (including phenoxy) is 3. The second kappa shape index (κ2) is 9.06. The van der Waals surface area contributed by atoms with Crippen LogP contribution >= 0.6 is 0 Å². The summed E-state index contributed by atoms with van der Waals surface area (Å²) in [7, 11) is 1.55. The van der Waals surface area contributed by atoms with Crippen LogP contribution in [0.1, 0.15) is 28.9 Å². The van der Waals surface area contributed by atoms with Crippen LogP contribution in [0.25, 0.3) is 27.7 Å². The molecule has 1 aromatic heterocycles. The first-order valence-electron chi connectivity index (χ1n) is 11.1. The van der Waals surface area contributed by atoms with Gasteiger partial charge in [0.15, 0.2) is 11.5 Å². The smallest absolute Gasteiger partial charge is 0.353 e. The maximum absolute atomic E-state index is 12.8. The summed E-state index contributed by atoms with van der Waals surface area (Å²) in [5, 5.41) is 20.3. The number of hydrogen-bond donors (Lipinski definition) is 2. The highest BCUT2D eigenvalue weighted by atomic mass is 16.7. The van der Waals surface area contributed by atoms with Crippen molar-refractivity contribution in [2.45, 2.75) is 19.3 Å². The lowest BCUT2D eigenvalue weighted by molar-refractivity contribution is -0.137. The predicted molar refractivity (Wildman–Crippen MR) is 129 cm³/mol. The number of aliphatic carboxylic acids is 1. The SMILES string of the molecule is COc1ccc(CCCC(=O)O)c(-n2c(C(=O)O)c(-c3ccc4c(c3)OCO4)c3ccccc32)c1. The van der Waals surface area contributed by atoms with E-state index >= 15 is 0 Å². The quantitative estimate of drug-likeness (QED) is 0.365. The molecule has 35 heavy (non-hydrogen) atoms. The van der Waals surface area contributed by atoms with Crippen molar-refractivity contribution in [2.24, 2.45) is 0 Å². The largest absolute Gasteiger partial charge is 0.497 e. The molecule has 2 N–H and O–H groups in total. The molecule has 1 aliphatic heterocycles. The molecule has 178 valence electrons. The summed E-state index contributed by atoms with van der Waals surface area (Å²) in [6.45, 7) is 0.121. The molecule has 0 aliphatic carbocycles. The second-order valence-corrected chi connectivity index (χ2v) is 8.19. The van der Waals surface area contributed by atoms with E-state index in [-0.39, 0.29) is 18.9 Å². The lowest BCUT2D eigenvalue weighted by Crippen LogP contribution is -2.10. The van der Waals surface area contributed by atoms with Gasteiger partial charge in [-0.1, -0.05) is 30.3 Å². The minimum Gasteiger partial charge on any atom is -0.497 e. The number of hydrogen-bond acceptors (Lipinski definition) is 5. The van der Waals surface area contributed by atoms with Gasteiger partial charge in [-0.3, -0.25) is 4.79 Å². The van der Waals surface area contributed by atoms with Gasteiger partial charge in [0.1, 0.15) is 11.4 Å². The van der Waals surface area contributed by atoms with Gasteiger partial charge in [0.25, 0.3) is 0 Å². The van der Waals surface area contributed by atoms with E-state index in [1.807, 2.05) is 36.4 Å². The van der Waals surface area contributed by atoms with E-state index in [1.165, 1.54) is 0 Å². The molecule has 4 aromatic rings. The van der Waals surface area contributed by atoms with Gasteiger partial charge in [0, 0.05) is 23.4 Å². The molecule has 5 rings (SSSR count). The Kier molecular flexibility index (Phi) is 5.78. The van der Waals surface area contributed by atoms with Crippen LogP contribution in [0.4, 0.5) is 0 Å². The van der Waals surface area contributed by atoms with Crippen molar-refractivity contribution >= 4 is 22.8 Å². The van der Waals surface area contributed by atoms with E-state index in [2.05, 4.69) is 0 Å². The monoisotopic (exact) mass is 473 g/mol. The second-order valence-electron chi connectivity index (χ2n) is 8.19. The first-order chi connectivity index (χ1) is 17.0. The highest BCUT2D eigenvalue weighted by molar-refractivity contribution is 6.09. The first kappa shape index (κ1) is 22.3. The molecular formula is C27H23NO7. The maximum Gasteiger partial charge on any atom is 0.353 e. The zero-order valence-electron chi connectivity index (χ0n) is 19.0. The van der Waals surface area contributed by atoms with Crippen LogP contribution in [-0.2, 0) is 11.2 Å². The van der Waals surface area contributed by atoms with Crippen molar-refractivity contribution in [1.29, 1.82) is 0 Å². The summed E-state index contributed by atoms with van der Waals surface area (Å²) in [5.74, 6) is -0.217. The highest BCUT2D eigenvalue weighted by Crippen LogP contribution is 2.42. The summed E-state index contributed by atoms with van der Waals surface area (Å²) in [5.41, 5.74) is 3.52. The van der Waals surface area contributed by atoms with E-state index in [1.54, 1.807) is 35.9 Å². The summed E-state index contributed by atoms with van der Waals surface area (Å²) in [6, 6.07) is 18.3. The molecule has 0 amide bonds. The molecule has 1 aliphatic rings. The number of fused-ring (bicyclic) bond motifs is 2. The van der Waals surface area contributed by atoms with Crippen LogP contribution in [0.2, 0.25) is 0 Å². The Bertz CT molecular complexity index is 1450. The summed E-state index contributed by atoms with van der Waals surface area (Å²) >= 11 is 0. The zero-order chi connectivity index (χ0) is 24.5. The fourth-order valence-electron chi connectivity index (χ4n) is 4.56. The fourth-order valence-corrected chi connectivity index (χ4v) is 4.56. The molecule has 0 saturated heterocycles. The van der Waals surface area contributed by atoms with Crippen molar-refractivity contribution in [1.82, 2.24) is 4.57 Å². The molecule has 2 heterocycles. The number of aromatic carboxylic acids is 1. The molecular weight excluding hydrogens is 450 g/mol. The standard InChI is InChI=1S/C27H23NO7/c1-33-18-11-9-16(5-4-8-24(29)30)21(14-18)28-20-7-3-2-6-19(20)25(26(28)27(31)32)17-10-12-22-23(13-17)35-15-34-22/h2-3,6-7,9-14H,4-5,8,15H2,1H3,(H,29,30)(H,31,32). The molecule has 0 fully saturated rings. The molecule has 0 radical (unpaired) electrons. The van der Waals surface area contributed by atoms with E-state index in [4.69, 9.17) is 19.3 Å². The Labute approximate surface area is 200 Å². The van der Waals surface area contributed by atoms with Gasteiger partial charge in [-0.2, -0.15) is 0 Å². The van der Waals surface area contributed by atoms with Crippen molar-refractivity contribution in [3.05, 3.63) is 71.9 Å². The van der Waals surface area contributed by atoms with Crippen LogP contribution in [0, 0.1) is 0 Å². The Morgan fingerprint density at radius 2 is 1.80 bits per heavy atom. The molecule has 0 saturated carbocycles. The van der Waals surface area contributed by atoms with Gasteiger partial charge < -0.3 is 29.0 Å². The van der Waals surface area contributed by atoms with E-state index in [9.17, 15) is 14.7 Å². The number of carboxylic acid groups (broad SMARTS) is 2. The number of para-hydroxylation sites is 1. The molecule has 0 unspecified atom stereocenters. The van der Waals surface area contributed by atoms with E-state index in [0.29, 0.717) is 52.4 Å². The van der Waals surface area contributed by atoms with Crippen LogP contribution < -0.4 is 14.2 Å². The Hall–Kier alpha value is -4.46. The summed E-state index contributed by atoms with van der Waals surface area (Å²) < 4.78 is 18.1. The fraction of sp³-hybridized carbons (Fsp3) is 0.185. The number of carboxylic acids is 2. The molecule has 8 heteroatoms. The Morgan fingerprint density at radius 3 is 2.57 bits per heavy atom. The highest BCUT2D eigenvalue weighted by Gasteiger charge is 2.27. The minimum atomic E-state index is -1.09. The average molecular weight is 473 g/mol. The number of aromatic nitrogens is 1. The van der Waals surface area contributed by atoms with Crippen LogP contribution in [0.3, 0.4) is 0 Å². The van der Waals surface area contributed by atoms with E-state index < -0.39 is 11.9 Å². The van der Waals surface area contributed by atoms with Crippen LogP contribution in [0.15, 0.2) is 60.7 Å². The lowest BCUT2D eigenvalue weighted by Gasteiger charge is -2.16. The number of aryl methyl sites for hydroxylation is 1. The van der Waals surface area contributed by atoms with Gasteiger partial charge in [0.05, 0.1) is 18.3 Å². The summed E-state index contributed by atoms with van der Waals surface area (Å²) in [6.07, 6.45) is 0.911. The molecule has 3 aromatic carbocycles. The van der Waals surface area contributed by atoms with Crippen LogP contribution in [0.5, 0.6) is 17.2 Å². The predicted octanol–water partition coefficient (Wildman–Crippen LogP) is 5.14. The average Bonchev–Trinajstić information content (AvgIpc) is 3.46. The maximum atomic E-state index is 12.8. The Balaban J connectivity index is 1.78. The van der Waals surface area contributed by atoms with Crippen molar-refractivity contribution < 1.29 is 34.0 Å². The van der Waals surface area contributed by atoms with Crippen molar-refractivity contribution in [2.75, 3.05) is 13.9 Å². The third-order valence-corrected chi connectivity index (χ3v) is 6.11. The van der Waals surface area contributed by atoms with Gasteiger partial charge in [0.2, 0.25) is 6.79 Å².